The fraction of sp³-hybridized carbons (Fsp3) is 0.188. The van der Waals surface area contributed by atoms with Gasteiger partial charge in [0.05, 0.1) is 6.42 Å². The molecular weight excluding hydrogens is 292 g/mol. The quantitative estimate of drug-likeness (QED) is 0.796. The van der Waals surface area contributed by atoms with Crippen molar-refractivity contribution in [3.63, 3.8) is 0 Å². The van der Waals surface area contributed by atoms with Crippen molar-refractivity contribution in [2.24, 2.45) is 0 Å². The van der Waals surface area contributed by atoms with Crippen LogP contribution < -0.4 is 9.47 Å². The van der Waals surface area contributed by atoms with Crippen LogP contribution in [-0.4, -0.2) is 24.3 Å². The Morgan fingerprint density at radius 3 is 2.29 bits per heavy atom. The van der Waals surface area contributed by atoms with E-state index in [4.69, 9.17) is 26.2 Å². The molecule has 0 aromatic heterocycles. The van der Waals surface area contributed by atoms with Gasteiger partial charge in [-0.3, -0.25) is 4.79 Å². The Bertz CT molecular complexity index is 595. The first-order chi connectivity index (χ1) is 10.1. The molecule has 4 nitrogen and oxygen atoms in total. The maximum Gasteiger partial charge on any atom is 0.307 e. The monoisotopic (exact) mass is 306 g/mol. The molecule has 0 aliphatic rings. The summed E-state index contributed by atoms with van der Waals surface area (Å²) in [5, 5.41) is 9.31. The molecule has 0 fully saturated rings. The number of ether oxygens (including phenoxy) is 2. The largest absolute Gasteiger partial charge is 0.490 e. The predicted molar refractivity (Wildman–Crippen MR) is 80.2 cm³/mol. The Morgan fingerprint density at radius 2 is 1.67 bits per heavy atom. The number of rotatable bonds is 7. The second-order valence-electron chi connectivity index (χ2n) is 4.37. The lowest BCUT2D eigenvalue weighted by Crippen LogP contribution is -2.09. The van der Waals surface area contributed by atoms with Crippen molar-refractivity contribution in [3.05, 3.63) is 59.1 Å². The third-order valence-electron chi connectivity index (χ3n) is 2.70. The van der Waals surface area contributed by atoms with Gasteiger partial charge in [-0.05, 0) is 35.9 Å². The van der Waals surface area contributed by atoms with Crippen LogP contribution in [0.4, 0.5) is 0 Å². The number of aliphatic carboxylic acids is 1. The Hall–Kier alpha value is -2.20. The molecule has 2 rings (SSSR count). The van der Waals surface area contributed by atoms with Crippen LogP contribution in [0.1, 0.15) is 5.56 Å². The molecule has 5 heteroatoms. The molecule has 21 heavy (non-hydrogen) atoms. The van der Waals surface area contributed by atoms with Gasteiger partial charge < -0.3 is 14.6 Å². The van der Waals surface area contributed by atoms with Crippen LogP contribution >= 0.6 is 11.6 Å². The topological polar surface area (TPSA) is 55.8 Å². The summed E-state index contributed by atoms with van der Waals surface area (Å²) < 4.78 is 11.0. The predicted octanol–water partition coefficient (Wildman–Crippen LogP) is 3.42. The molecule has 0 radical (unpaired) electrons. The molecule has 1 N–H and O–H groups in total. The second-order valence-corrected chi connectivity index (χ2v) is 4.81. The molecule has 0 saturated carbocycles. The molecule has 110 valence electrons. The lowest BCUT2D eigenvalue weighted by Gasteiger charge is -2.09. The third-order valence-corrected chi connectivity index (χ3v) is 2.93. The molecule has 0 amide bonds. The average Bonchev–Trinajstić information content (AvgIpc) is 2.45. The van der Waals surface area contributed by atoms with Crippen molar-refractivity contribution in [2.45, 2.75) is 6.42 Å². The third kappa shape index (κ3) is 5.36. The first-order valence-corrected chi connectivity index (χ1v) is 6.83. The van der Waals surface area contributed by atoms with Crippen LogP contribution in [0, 0.1) is 0 Å². The molecule has 0 unspecified atom stereocenters. The molecule has 0 heterocycles. The second kappa shape index (κ2) is 7.55. The van der Waals surface area contributed by atoms with E-state index >= 15 is 0 Å². The van der Waals surface area contributed by atoms with Gasteiger partial charge in [0.15, 0.2) is 0 Å². The molecule has 0 aliphatic carbocycles. The summed E-state index contributed by atoms with van der Waals surface area (Å²) in [6, 6.07) is 14.1. The van der Waals surface area contributed by atoms with E-state index in [-0.39, 0.29) is 6.42 Å². The van der Waals surface area contributed by atoms with Crippen molar-refractivity contribution in [2.75, 3.05) is 13.2 Å². The lowest BCUT2D eigenvalue weighted by molar-refractivity contribution is -0.136. The zero-order chi connectivity index (χ0) is 15.1. The van der Waals surface area contributed by atoms with Crippen LogP contribution in [0.25, 0.3) is 0 Å². The standard InChI is InChI=1S/C16H15ClO4/c17-13-2-1-3-15(11-13)21-9-8-20-14-6-4-12(5-7-14)10-16(18)19/h1-7,11H,8-10H2,(H,18,19). The lowest BCUT2D eigenvalue weighted by atomic mass is 10.1. The molecular formula is C16H15ClO4. The molecule has 0 saturated heterocycles. The fourth-order valence-corrected chi connectivity index (χ4v) is 1.93. The zero-order valence-electron chi connectivity index (χ0n) is 11.3. The normalized spacial score (nSPS) is 10.1. The van der Waals surface area contributed by atoms with E-state index in [1.54, 1.807) is 36.4 Å². The van der Waals surface area contributed by atoms with E-state index in [1.165, 1.54) is 0 Å². The molecule has 2 aromatic rings. The van der Waals surface area contributed by atoms with Crippen LogP contribution in [0.5, 0.6) is 11.5 Å². The first-order valence-electron chi connectivity index (χ1n) is 6.45. The maximum atomic E-state index is 10.6. The van der Waals surface area contributed by atoms with Gasteiger partial charge in [-0.25, -0.2) is 0 Å². The van der Waals surface area contributed by atoms with E-state index in [1.807, 2.05) is 12.1 Å². The summed E-state index contributed by atoms with van der Waals surface area (Å²) in [5.41, 5.74) is 0.741. The van der Waals surface area contributed by atoms with Crippen molar-refractivity contribution < 1.29 is 19.4 Å². The summed E-state index contributed by atoms with van der Waals surface area (Å²) in [6.45, 7) is 0.794. The van der Waals surface area contributed by atoms with Gasteiger partial charge in [0.2, 0.25) is 0 Å². The summed E-state index contributed by atoms with van der Waals surface area (Å²) in [5.74, 6) is 0.528. The summed E-state index contributed by atoms with van der Waals surface area (Å²) in [7, 11) is 0. The number of hydrogen-bond donors (Lipinski definition) is 1. The number of halogens is 1. The van der Waals surface area contributed by atoms with Crippen LogP contribution in [0.2, 0.25) is 5.02 Å². The smallest absolute Gasteiger partial charge is 0.307 e. The molecule has 0 aliphatic heterocycles. The van der Waals surface area contributed by atoms with E-state index in [2.05, 4.69) is 0 Å². The number of carboxylic acids is 1. The van der Waals surface area contributed by atoms with Gasteiger partial charge >= 0.3 is 5.97 Å². The van der Waals surface area contributed by atoms with Gasteiger partial charge in [0.25, 0.3) is 0 Å². The molecule has 0 atom stereocenters. The Balaban J connectivity index is 1.74. The maximum absolute atomic E-state index is 10.6. The Labute approximate surface area is 127 Å². The van der Waals surface area contributed by atoms with Crippen LogP contribution in [0.3, 0.4) is 0 Å². The summed E-state index contributed by atoms with van der Waals surface area (Å²) in [6.07, 6.45) is 0.0121. The van der Waals surface area contributed by atoms with E-state index < -0.39 is 5.97 Å². The molecule has 2 aromatic carbocycles. The fourth-order valence-electron chi connectivity index (χ4n) is 1.75. The zero-order valence-corrected chi connectivity index (χ0v) is 12.0. The minimum atomic E-state index is -0.849. The van der Waals surface area contributed by atoms with Crippen LogP contribution in [0.15, 0.2) is 48.5 Å². The van der Waals surface area contributed by atoms with Crippen molar-refractivity contribution >= 4 is 17.6 Å². The van der Waals surface area contributed by atoms with Gasteiger partial charge in [-0.15, -0.1) is 0 Å². The Morgan fingerprint density at radius 1 is 1.00 bits per heavy atom. The van der Waals surface area contributed by atoms with Gasteiger partial charge in [-0.1, -0.05) is 29.8 Å². The van der Waals surface area contributed by atoms with Gasteiger partial charge in [0, 0.05) is 5.02 Å². The minimum absolute atomic E-state index is 0.0121. The highest BCUT2D eigenvalue weighted by atomic mass is 35.5. The van der Waals surface area contributed by atoms with Gasteiger partial charge in [0.1, 0.15) is 24.7 Å². The van der Waals surface area contributed by atoms with E-state index in [0.29, 0.717) is 29.7 Å². The van der Waals surface area contributed by atoms with Gasteiger partial charge in [-0.2, -0.15) is 0 Å². The van der Waals surface area contributed by atoms with Crippen molar-refractivity contribution in [3.8, 4) is 11.5 Å². The molecule has 0 spiro atoms. The number of carboxylic acid groups (broad SMARTS) is 1. The highest BCUT2D eigenvalue weighted by Crippen LogP contribution is 2.17. The average molecular weight is 307 g/mol. The van der Waals surface area contributed by atoms with E-state index in [9.17, 15) is 4.79 Å². The first kappa shape index (κ1) is 15.2. The van der Waals surface area contributed by atoms with E-state index in [0.717, 1.165) is 5.56 Å². The highest BCUT2D eigenvalue weighted by Gasteiger charge is 2.01. The Kier molecular flexibility index (Phi) is 5.46. The molecule has 0 bridgehead atoms. The minimum Gasteiger partial charge on any atom is -0.490 e. The number of benzene rings is 2. The highest BCUT2D eigenvalue weighted by molar-refractivity contribution is 6.30. The van der Waals surface area contributed by atoms with Crippen LogP contribution in [-0.2, 0) is 11.2 Å². The number of carbonyl (C=O) groups is 1. The number of hydrogen-bond acceptors (Lipinski definition) is 3. The van der Waals surface area contributed by atoms with Crippen molar-refractivity contribution in [1.82, 2.24) is 0 Å². The summed E-state index contributed by atoms with van der Waals surface area (Å²) in [4.78, 5) is 10.6. The van der Waals surface area contributed by atoms with Crippen molar-refractivity contribution in [1.29, 1.82) is 0 Å². The summed E-state index contributed by atoms with van der Waals surface area (Å²) >= 11 is 5.85. The SMILES string of the molecule is O=C(O)Cc1ccc(OCCOc2cccc(Cl)c2)cc1.